The topological polar surface area (TPSA) is 41.6 Å². The summed E-state index contributed by atoms with van der Waals surface area (Å²) in [5.74, 6) is 0.780. The van der Waals surface area contributed by atoms with Crippen molar-refractivity contribution in [2.75, 3.05) is 26.2 Å². The van der Waals surface area contributed by atoms with Crippen LogP contribution in [0.2, 0.25) is 0 Å². The number of likely N-dealkylation sites (tertiary alicyclic amines) is 1. The summed E-state index contributed by atoms with van der Waals surface area (Å²) in [6.07, 6.45) is 8.91. The average Bonchev–Trinajstić information content (AvgIpc) is 3.14. The number of allylic oxidation sites excluding steroid dienone is 3. The summed E-state index contributed by atoms with van der Waals surface area (Å²) in [6.45, 7) is 12.0. The van der Waals surface area contributed by atoms with E-state index >= 15 is 0 Å². The standard InChI is InChI=1S/C24H36N2O2/c1-5-26-16-7-10-22(26)18-25-24(27)21-11-13-23(14-12-21)28-17-15-20(4)9-6-8-19(2)3/h8,11-15,22H,5-7,9-10,16-18H2,1-4H3,(H,25,27). The molecule has 0 radical (unpaired) electrons. The summed E-state index contributed by atoms with van der Waals surface area (Å²) in [5.41, 5.74) is 3.38. The Morgan fingerprint density at radius 2 is 1.96 bits per heavy atom. The van der Waals surface area contributed by atoms with Gasteiger partial charge < -0.3 is 10.1 Å². The van der Waals surface area contributed by atoms with Crippen molar-refractivity contribution in [2.24, 2.45) is 0 Å². The monoisotopic (exact) mass is 384 g/mol. The first-order chi connectivity index (χ1) is 13.5. The van der Waals surface area contributed by atoms with Crippen molar-refractivity contribution in [3.8, 4) is 5.75 Å². The van der Waals surface area contributed by atoms with Crippen molar-refractivity contribution >= 4 is 5.91 Å². The Hall–Kier alpha value is -2.07. The van der Waals surface area contributed by atoms with Crippen LogP contribution >= 0.6 is 0 Å². The fraction of sp³-hybridized carbons (Fsp3) is 0.542. The first kappa shape index (κ1) is 22.2. The minimum atomic E-state index is -0.00971. The molecule has 0 saturated carbocycles. The van der Waals surface area contributed by atoms with E-state index in [2.05, 4.69) is 50.1 Å². The summed E-state index contributed by atoms with van der Waals surface area (Å²) in [5, 5.41) is 3.07. The molecular weight excluding hydrogens is 348 g/mol. The van der Waals surface area contributed by atoms with E-state index in [-0.39, 0.29) is 5.91 Å². The van der Waals surface area contributed by atoms with Crippen LogP contribution < -0.4 is 10.1 Å². The van der Waals surface area contributed by atoms with Gasteiger partial charge in [0.2, 0.25) is 0 Å². The molecule has 1 N–H and O–H groups in total. The molecule has 1 aromatic carbocycles. The van der Waals surface area contributed by atoms with Gasteiger partial charge in [-0.3, -0.25) is 9.69 Å². The fourth-order valence-corrected chi connectivity index (χ4v) is 3.53. The molecule has 0 spiro atoms. The normalized spacial score (nSPS) is 17.4. The van der Waals surface area contributed by atoms with Crippen LogP contribution in [-0.2, 0) is 0 Å². The summed E-state index contributed by atoms with van der Waals surface area (Å²) >= 11 is 0. The Morgan fingerprint density at radius 1 is 1.21 bits per heavy atom. The molecule has 4 nitrogen and oxygen atoms in total. The highest BCUT2D eigenvalue weighted by Gasteiger charge is 2.23. The second kappa shape index (κ2) is 11.7. The van der Waals surface area contributed by atoms with E-state index in [1.807, 2.05) is 24.3 Å². The van der Waals surface area contributed by atoms with E-state index in [1.54, 1.807) is 0 Å². The smallest absolute Gasteiger partial charge is 0.251 e. The van der Waals surface area contributed by atoms with Gasteiger partial charge in [0.05, 0.1) is 0 Å². The lowest BCUT2D eigenvalue weighted by Gasteiger charge is -2.22. The summed E-state index contributed by atoms with van der Waals surface area (Å²) in [6, 6.07) is 7.89. The molecule has 0 aliphatic carbocycles. The SMILES string of the molecule is CCN1CCCC1CNC(=O)c1ccc(OCC=C(C)CCC=C(C)C)cc1. The van der Waals surface area contributed by atoms with Crippen LogP contribution in [0, 0.1) is 0 Å². The lowest BCUT2D eigenvalue weighted by Crippen LogP contribution is -2.40. The van der Waals surface area contributed by atoms with Gasteiger partial charge in [-0.1, -0.05) is 24.1 Å². The van der Waals surface area contributed by atoms with Crippen LogP contribution in [0.5, 0.6) is 5.75 Å². The van der Waals surface area contributed by atoms with Crippen molar-refractivity contribution < 1.29 is 9.53 Å². The molecule has 1 aliphatic rings. The van der Waals surface area contributed by atoms with Crippen molar-refractivity contribution in [3.63, 3.8) is 0 Å². The average molecular weight is 385 g/mol. The zero-order valence-electron chi connectivity index (χ0n) is 18.0. The van der Waals surface area contributed by atoms with Crippen LogP contribution in [0.4, 0.5) is 0 Å². The number of hydrogen-bond donors (Lipinski definition) is 1. The molecule has 154 valence electrons. The highest BCUT2D eigenvalue weighted by molar-refractivity contribution is 5.94. The van der Waals surface area contributed by atoms with Crippen molar-refractivity contribution in [2.45, 2.75) is 59.4 Å². The van der Waals surface area contributed by atoms with Gasteiger partial charge in [-0.2, -0.15) is 0 Å². The highest BCUT2D eigenvalue weighted by Crippen LogP contribution is 2.16. The van der Waals surface area contributed by atoms with Crippen molar-refractivity contribution in [1.82, 2.24) is 10.2 Å². The predicted molar refractivity (Wildman–Crippen MR) is 117 cm³/mol. The van der Waals surface area contributed by atoms with Crippen LogP contribution in [0.25, 0.3) is 0 Å². The molecular formula is C24H36N2O2. The van der Waals surface area contributed by atoms with Gasteiger partial charge in [-0.05, 0) is 89.9 Å². The number of nitrogens with zero attached hydrogens (tertiary/aromatic N) is 1. The first-order valence-corrected chi connectivity index (χ1v) is 10.5. The number of hydrogen-bond acceptors (Lipinski definition) is 3. The van der Waals surface area contributed by atoms with Crippen molar-refractivity contribution in [1.29, 1.82) is 0 Å². The summed E-state index contributed by atoms with van der Waals surface area (Å²) in [7, 11) is 0. The Kier molecular flexibility index (Phi) is 9.29. The zero-order chi connectivity index (χ0) is 20.4. The zero-order valence-corrected chi connectivity index (χ0v) is 18.0. The quantitative estimate of drug-likeness (QED) is 0.579. The van der Waals surface area contributed by atoms with E-state index in [0.717, 1.165) is 38.2 Å². The molecule has 1 heterocycles. The third-order valence-corrected chi connectivity index (χ3v) is 5.29. The Balaban J connectivity index is 1.74. The first-order valence-electron chi connectivity index (χ1n) is 10.5. The summed E-state index contributed by atoms with van der Waals surface area (Å²) < 4.78 is 5.78. The third-order valence-electron chi connectivity index (χ3n) is 5.29. The fourth-order valence-electron chi connectivity index (χ4n) is 3.53. The number of carbonyl (C=O) groups is 1. The number of benzene rings is 1. The molecule has 1 atom stereocenters. The minimum Gasteiger partial charge on any atom is -0.490 e. The molecule has 0 bridgehead atoms. The molecule has 4 heteroatoms. The van der Waals surface area contributed by atoms with Gasteiger partial charge in [0.25, 0.3) is 5.91 Å². The second-order valence-electron chi connectivity index (χ2n) is 7.84. The molecule has 1 saturated heterocycles. The van der Waals surface area contributed by atoms with E-state index in [1.165, 1.54) is 24.0 Å². The van der Waals surface area contributed by atoms with E-state index in [9.17, 15) is 4.79 Å². The van der Waals surface area contributed by atoms with E-state index in [4.69, 9.17) is 4.74 Å². The Labute approximate surface area is 170 Å². The van der Waals surface area contributed by atoms with Gasteiger partial charge >= 0.3 is 0 Å². The van der Waals surface area contributed by atoms with Crippen molar-refractivity contribution in [3.05, 3.63) is 53.1 Å². The largest absolute Gasteiger partial charge is 0.490 e. The number of likely N-dealkylation sites (N-methyl/N-ethyl adjacent to an activating group) is 1. The Bertz CT molecular complexity index is 672. The number of nitrogens with one attached hydrogen (secondary N) is 1. The van der Waals surface area contributed by atoms with Gasteiger partial charge in [0.1, 0.15) is 12.4 Å². The number of amides is 1. The molecule has 1 aromatic rings. The maximum Gasteiger partial charge on any atom is 0.251 e. The minimum absolute atomic E-state index is 0.00971. The van der Waals surface area contributed by atoms with Crippen LogP contribution in [0.3, 0.4) is 0 Å². The Morgan fingerprint density at radius 3 is 2.64 bits per heavy atom. The van der Waals surface area contributed by atoms with Crippen LogP contribution in [0.15, 0.2) is 47.6 Å². The number of rotatable bonds is 10. The predicted octanol–water partition coefficient (Wildman–Crippen LogP) is 4.97. The molecule has 1 aliphatic heterocycles. The lowest BCUT2D eigenvalue weighted by molar-refractivity contribution is 0.0941. The molecule has 1 unspecified atom stereocenters. The number of ether oxygens (including phenoxy) is 1. The third kappa shape index (κ3) is 7.51. The summed E-state index contributed by atoms with van der Waals surface area (Å²) in [4.78, 5) is 14.8. The highest BCUT2D eigenvalue weighted by atomic mass is 16.5. The maximum absolute atomic E-state index is 12.4. The van der Waals surface area contributed by atoms with Gasteiger partial charge in [0.15, 0.2) is 0 Å². The molecule has 0 aromatic heterocycles. The molecule has 2 rings (SSSR count). The number of carbonyl (C=O) groups excluding carboxylic acids is 1. The molecule has 28 heavy (non-hydrogen) atoms. The molecule has 1 fully saturated rings. The van der Waals surface area contributed by atoms with Gasteiger partial charge in [0, 0.05) is 18.2 Å². The van der Waals surface area contributed by atoms with E-state index < -0.39 is 0 Å². The maximum atomic E-state index is 12.4. The van der Waals surface area contributed by atoms with Crippen LogP contribution in [0.1, 0.15) is 63.7 Å². The lowest BCUT2D eigenvalue weighted by atomic mass is 10.1. The van der Waals surface area contributed by atoms with Gasteiger partial charge in [-0.15, -0.1) is 0 Å². The second-order valence-corrected chi connectivity index (χ2v) is 7.84. The molecule has 1 amide bonds. The van der Waals surface area contributed by atoms with E-state index in [0.29, 0.717) is 18.2 Å². The van der Waals surface area contributed by atoms with Crippen LogP contribution in [-0.4, -0.2) is 43.1 Å². The van der Waals surface area contributed by atoms with Gasteiger partial charge in [-0.25, -0.2) is 0 Å².